The number of carbonyl (C=O) groups is 1. The van der Waals surface area contributed by atoms with Gasteiger partial charge in [-0.25, -0.2) is 8.42 Å². The smallest absolute Gasteiger partial charge is 0.306 e. The van der Waals surface area contributed by atoms with Gasteiger partial charge >= 0.3 is 5.97 Å². The molecule has 1 saturated heterocycles. The van der Waals surface area contributed by atoms with Crippen molar-refractivity contribution in [3.05, 3.63) is 60.2 Å². The van der Waals surface area contributed by atoms with Crippen LogP contribution in [0.25, 0.3) is 0 Å². The van der Waals surface area contributed by atoms with Gasteiger partial charge in [-0.1, -0.05) is 30.3 Å². The van der Waals surface area contributed by atoms with E-state index < -0.39 is 16.2 Å². The molecule has 0 saturated carbocycles. The summed E-state index contributed by atoms with van der Waals surface area (Å²) in [6.45, 7) is 0.880. The summed E-state index contributed by atoms with van der Waals surface area (Å²) in [5.74, 6) is 0.384. The molecule has 9 heteroatoms. The number of nitrogens with one attached hydrogen (secondary N) is 2. The topological polar surface area (TPSA) is 93.7 Å². The molecule has 1 aliphatic heterocycles. The summed E-state index contributed by atoms with van der Waals surface area (Å²) in [6, 6.07) is 15.7. The number of esters is 1. The van der Waals surface area contributed by atoms with Gasteiger partial charge in [0, 0.05) is 6.42 Å². The van der Waals surface area contributed by atoms with E-state index in [-0.39, 0.29) is 42.2 Å². The Labute approximate surface area is 183 Å². The highest BCUT2D eigenvalue weighted by atomic mass is 35.5. The fourth-order valence-corrected chi connectivity index (χ4v) is 4.50. The molecule has 0 spiro atoms. The fourth-order valence-electron chi connectivity index (χ4n) is 3.31. The van der Waals surface area contributed by atoms with Crippen LogP contribution in [0.5, 0.6) is 5.75 Å². The molecule has 3 rings (SSSR count). The number of hydrogen-bond donors (Lipinski definition) is 2. The van der Waals surface area contributed by atoms with Crippen LogP contribution < -0.4 is 14.8 Å². The zero-order valence-electron chi connectivity index (χ0n) is 16.7. The van der Waals surface area contributed by atoms with E-state index in [1.54, 1.807) is 12.1 Å². The summed E-state index contributed by atoms with van der Waals surface area (Å²) in [5.41, 5.74) is 0.941. The van der Waals surface area contributed by atoms with Crippen LogP contribution in [-0.4, -0.2) is 34.2 Å². The molecule has 1 heterocycles. The van der Waals surface area contributed by atoms with Crippen molar-refractivity contribution >= 4 is 28.4 Å². The minimum Gasteiger partial charge on any atom is -0.497 e. The maximum atomic E-state index is 12.6. The number of ether oxygens (including phenoxy) is 2. The number of halogens is 1. The third-order valence-electron chi connectivity index (χ3n) is 4.88. The maximum absolute atomic E-state index is 12.6. The third-order valence-corrected chi connectivity index (χ3v) is 6.37. The van der Waals surface area contributed by atoms with Gasteiger partial charge in [-0.3, -0.25) is 4.79 Å². The lowest BCUT2D eigenvalue weighted by atomic mass is 9.93. The van der Waals surface area contributed by atoms with Crippen molar-refractivity contribution in [1.82, 2.24) is 10.0 Å². The number of benzene rings is 2. The van der Waals surface area contributed by atoms with Crippen LogP contribution in [0.2, 0.25) is 0 Å². The van der Waals surface area contributed by atoms with E-state index in [0.29, 0.717) is 18.7 Å². The Kier molecular flexibility index (Phi) is 9.10. The van der Waals surface area contributed by atoms with Gasteiger partial charge in [-0.15, -0.1) is 12.4 Å². The minimum absolute atomic E-state index is 0. The van der Waals surface area contributed by atoms with Gasteiger partial charge < -0.3 is 14.8 Å². The first-order valence-electron chi connectivity index (χ1n) is 9.55. The number of hydrogen-bond acceptors (Lipinski definition) is 6. The van der Waals surface area contributed by atoms with Crippen molar-refractivity contribution in [2.75, 3.05) is 13.7 Å². The first kappa shape index (κ1) is 24.1. The largest absolute Gasteiger partial charge is 0.497 e. The molecule has 2 N–H and O–H groups in total. The normalized spacial score (nSPS) is 18.8. The number of rotatable bonds is 8. The summed E-state index contributed by atoms with van der Waals surface area (Å²) in [7, 11) is -2.14. The van der Waals surface area contributed by atoms with Crippen LogP contribution in [0.3, 0.4) is 0 Å². The molecule has 1 fully saturated rings. The Bertz CT molecular complexity index is 907. The molecule has 0 bridgehead atoms. The third kappa shape index (κ3) is 6.98. The van der Waals surface area contributed by atoms with Gasteiger partial charge in [-0.05, 0) is 55.1 Å². The predicted octanol–water partition coefficient (Wildman–Crippen LogP) is 2.85. The highest BCUT2D eigenvalue weighted by Crippen LogP contribution is 2.22. The molecule has 0 aromatic heterocycles. The van der Waals surface area contributed by atoms with Crippen molar-refractivity contribution in [1.29, 1.82) is 0 Å². The molecular formula is C21H27ClN2O5S. The summed E-state index contributed by atoms with van der Waals surface area (Å²) < 4.78 is 38.3. The zero-order chi connectivity index (χ0) is 20.7. The van der Waals surface area contributed by atoms with E-state index in [2.05, 4.69) is 10.0 Å². The van der Waals surface area contributed by atoms with Gasteiger partial charge in [0.15, 0.2) is 0 Å². The molecule has 0 aliphatic carbocycles. The molecule has 1 aliphatic rings. The number of sulfonamides is 1. The quantitative estimate of drug-likeness (QED) is 0.596. The lowest BCUT2D eigenvalue weighted by Gasteiger charge is -2.30. The van der Waals surface area contributed by atoms with Crippen molar-refractivity contribution in [3.8, 4) is 5.75 Å². The molecular weight excluding hydrogens is 428 g/mol. The Hall–Kier alpha value is -2.13. The summed E-state index contributed by atoms with van der Waals surface area (Å²) in [5, 5.41) is 3.16. The first-order valence-corrected chi connectivity index (χ1v) is 11.0. The Balaban J connectivity index is 0.00000320. The Morgan fingerprint density at radius 2 is 1.83 bits per heavy atom. The van der Waals surface area contributed by atoms with Crippen molar-refractivity contribution in [2.24, 2.45) is 5.92 Å². The van der Waals surface area contributed by atoms with Crippen LogP contribution in [0.15, 0.2) is 59.5 Å². The first-order chi connectivity index (χ1) is 14.0. The number of carbonyl (C=O) groups excluding carboxylic acids is 1. The van der Waals surface area contributed by atoms with Gasteiger partial charge in [0.1, 0.15) is 12.4 Å². The Morgan fingerprint density at radius 1 is 1.13 bits per heavy atom. The molecule has 2 atom stereocenters. The van der Waals surface area contributed by atoms with E-state index in [4.69, 9.17) is 9.47 Å². The molecule has 2 unspecified atom stereocenters. The monoisotopic (exact) mass is 454 g/mol. The lowest BCUT2D eigenvalue weighted by Crippen LogP contribution is -2.50. The second kappa shape index (κ2) is 11.3. The zero-order valence-corrected chi connectivity index (χ0v) is 18.4. The fraction of sp³-hybridized carbons (Fsp3) is 0.381. The SMILES string of the molecule is COc1ccc(S(=O)(=O)NC2CC(CC(=O)OCc3ccccc3)CCN2)cc1.Cl. The number of methoxy groups -OCH3 is 1. The molecule has 2 aromatic rings. The molecule has 164 valence electrons. The molecule has 0 amide bonds. The van der Waals surface area contributed by atoms with E-state index in [0.717, 1.165) is 12.0 Å². The van der Waals surface area contributed by atoms with Crippen molar-refractivity contribution in [2.45, 2.75) is 36.9 Å². The second-order valence-corrected chi connectivity index (χ2v) is 8.76. The van der Waals surface area contributed by atoms with Crippen LogP contribution >= 0.6 is 12.4 Å². The molecule has 2 aromatic carbocycles. The Morgan fingerprint density at radius 3 is 2.50 bits per heavy atom. The highest BCUT2D eigenvalue weighted by molar-refractivity contribution is 7.89. The van der Waals surface area contributed by atoms with Crippen LogP contribution in [0, 0.1) is 5.92 Å². The van der Waals surface area contributed by atoms with Gasteiger partial charge in [0.25, 0.3) is 0 Å². The van der Waals surface area contributed by atoms with E-state index >= 15 is 0 Å². The minimum atomic E-state index is -3.67. The predicted molar refractivity (Wildman–Crippen MR) is 116 cm³/mol. The van der Waals surface area contributed by atoms with Crippen LogP contribution in [0.1, 0.15) is 24.8 Å². The summed E-state index contributed by atoms with van der Waals surface area (Å²) >= 11 is 0. The van der Waals surface area contributed by atoms with E-state index in [1.165, 1.54) is 19.2 Å². The highest BCUT2D eigenvalue weighted by Gasteiger charge is 2.27. The van der Waals surface area contributed by atoms with E-state index in [9.17, 15) is 13.2 Å². The molecule has 30 heavy (non-hydrogen) atoms. The lowest BCUT2D eigenvalue weighted by molar-refractivity contribution is -0.146. The van der Waals surface area contributed by atoms with Gasteiger partial charge in [0.05, 0.1) is 18.2 Å². The average Bonchev–Trinajstić information content (AvgIpc) is 2.73. The second-order valence-electron chi connectivity index (χ2n) is 7.04. The average molecular weight is 455 g/mol. The standard InChI is InChI=1S/C21H26N2O5S.ClH/c1-27-18-7-9-19(10-8-18)29(25,26)23-20-13-17(11-12-22-20)14-21(24)28-15-16-5-3-2-4-6-16;/h2-10,17,20,22-23H,11-15H2,1H3;1H. The van der Waals surface area contributed by atoms with Gasteiger partial charge in [-0.2, -0.15) is 4.72 Å². The summed E-state index contributed by atoms with van der Waals surface area (Å²) in [6.07, 6.45) is 1.16. The maximum Gasteiger partial charge on any atom is 0.306 e. The number of piperidine rings is 1. The van der Waals surface area contributed by atoms with E-state index in [1.807, 2.05) is 30.3 Å². The van der Waals surface area contributed by atoms with Crippen molar-refractivity contribution in [3.63, 3.8) is 0 Å². The van der Waals surface area contributed by atoms with Crippen LogP contribution in [0.4, 0.5) is 0 Å². The van der Waals surface area contributed by atoms with Crippen LogP contribution in [-0.2, 0) is 26.2 Å². The molecule has 7 nitrogen and oxygen atoms in total. The van der Waals surface area contributed by atoms with Crippen molar-refractivity contribution < 1.29 is 22.7 Å². The van der Waals surface area contributed by atoms with Gasteiger partial charge in [0.2, 0.25) is 10.0 Å². The molecule has 0 radical (unpaired) electrons. The summed E-state index contributed by atoms with van der Waals surface area (Å²) in [4.78, 5) is 12.3.